The van der Waals surface area contributed by atoms with Gasteiger partial charge in [0.15, 0.2) is 0 Å². The third-order valence-corrected chi connectivity index (χ3v) is 5.39. The lowest BCUT2D eigenvalue weighted by Gasteiger charge is -2.14. The molecule has 3 aromatic rings. The number of benzene rings is 2. The number of rotatable bonds is 6. The molecule has 1 heterocycles. The van der Waals surface area contributed by atoms with E-state index in [-0.39, 0.29) is 11.9 Å². The first-order valence-electron chi connectivity index (χ1n) is 9.13. The van der Waals surface area contributed by atoms with Crippen LogP contribution in [0.1, 0.15) is 39.3 Å². The van der Waals surface area contributed by atoms with Gasteiger partial charge in [-0.15, -0.1) is 11.8 Å². The van der Waals surface area contributed by atoms with E-state index in [4.69, 9.17) is 16.3 Å². The first kappa shape index (κ1) is 20.5. The van der Waals surface area contributed by atoms with Gasteiger partial charge in [-0.25, -0.2) is 4.98 Å². The van der Waals surface area contributed by atoms with Gasteiger partial charge in [-0.2, -0.15) is 0 Å². The number of ether oxygens (including phenoxy) is 1. The number of fused-ring (bicyclic) bond motifs is 1. The van der Waals surface area contributed by atoms with Gasteiger partial charge < -0.3 is 10.1 Å². The maximum atomic E-state index is 11.3. The van der Waals surface area contributed by atoms with Gasteiger partial charge in [0.1, 0.15) is 5.75 Å². The Hall–Kier alpha value is -2.24. The number of nitrogens with one attached hydrogen (secondary N) is 1. The van der Waals surface area contributed by atoms with Crippen LogP contribution >= 0.6 is 23.4 Å². The summed E-state index contributed by atoms with van der Waals surface area (Å²) in [5.74, 6) is 1.02. The van der Waals surface area contributed by atoms with Crippen LogP contribution in [0.25, 0.3) is 10.9 Å². The molecule has 0 aliphatic heterocycles. The predicted molar refractivity (Wildman–Crippen MR) is 116 cm³/mol. The normalized spacial score (nSPS) is 12.2. The van der Waals surface area contributed by atoms with E-state index >= 15 is 0 Å². The summed E-state index contributed by atoms with van der Waals surface area (Å²) in [7, 11) is 0. The lowest BCUT2D eigenvalue weighted by atomic mass is 10.1. The third kappa shape index (κ3) is 5.18. The lowest BCUT2D eigenvalue weighted by molar-refractivity contribution is -0.119. The van der Waals surface area contributed by atoms with Gasteiger partial charge in [-0.1, -0.05) is 31.5 Å². The molecule has 0 saturated heterocycles. The van der Waals surface area contributed by atoms with Gasteiger partial charge in [0, 0.05) is 28.5 Å². The molecule has 2 aromatic carbocycles. The molecule has 6 heteroatoms. The first-order valence-corrected chi connectivity index (χ1v) is 10.4. The van der Waals surface area contributed by atoms with E-state index in [2.05, 4.69) is 24.1 Å². The zero-order valence-corrected chi connectivity index (χ0v) is 17.9. The minimum atomic E-state index is -0.0566. The van der Waals surface area contributed by atoms with E-state index in [9.17, 15) is 4.79 Å². The van der Waals surface area contributed by atoms with E-state index in [1.165, 1.54) is 6.92 Å². The molecule has 1 amide bonds. The second-order valence-electron chi connectivity index (χ2n) is 6.88. The fourth-order valence-electron chi connectivity index (χ4n) is 2.86. The van der Waals surface area contributed by atoms with Crippen LogP contribution in [0.2, 0.25) is 5.02 Å². The molecule has 1 unspecified atom stereocenters. The molecule has 1 aromatic heterocycles. The van der Waals surface area contributed by atoms with Crippen molar-refractivity contribution in [2.75, 3.05) is 0 Å². The largest absolute Gasteiger partial charge is 0.437 e. The standard InChI is InChI=1S/C22H23ClN2O2S/c1-13(2)28-18-7-9-21(19(23)12-18)27-22-10-6-17-11-16(5-8-20(17)25-22)14(3)24-15(4)26/h5-14H,1-4H3,(H,24,26). The Bertz CT molecular complexity index is 1010. The molecule has 146 valence electrons. The zero-order valence-electron chi connectivity index (χ0n) is 16.3. The fraction of sp³-hybridized carbons (Fsp3) is 0.273. The van der Waals surface area contributed by atoms with Crippen LogP contribution in [-0.4, -0.2) is 16.1 Å². The van der Waals surface area contributed by atoms with Gasteiger partial charge in [0.2, 0.25) is 11.8 Å². The summed E-state index contributed by atoms with van der Waals surface area (Å²) in [5.41, 5.74) is 1.85. The minimum absolute atomic E-state index is 0.0517. The van der Waals surface area contributed by atoms with Crippen LogP contribution in [-0.2, 0) is 4.79 Å². The van der Waals surface area contributed by atoms with E-state index in [1.807, 2.05) is 55.5 Å². The Kier molecular flexibility index (Phi) is 6.47. The SMILES string of the molecule is CC(=O)NC(C)c1ccc2nc(Oc3ccc(SC(C)C)cc3Cl)ccc2c1. The Balaban J connectivity index is 1.80. The van der Waals surface area contributed by atoms with Crippen LogP contribution < -0.4 is 10.1 Å². The fourth-order valence-corrected chi connectivity index (χ4v) is 4.02. The Morgan fingerprint density at radius 3 is 2.57 bits per heavy atom. The van der Waals surface area contributed by atoms with Gasteiger partial charge in [0.25, 0.3) is 0 Å². The molecule has 1 atom stereocenters. The summed E-state index contributed by atoms with van der Waals surface area (Å²) >= 11 is 8.13. The molecule has 4 nitrogen and oxygen atoms in total. The maximum Gasteiger partial charge on any atom is 0.219 e. The lowest BCUT2D eigenvalue weighted by Crippen LogP contribution is -2.23. The Labute approximate surface area is 174 Å². The van der Waals surface area contributed by atoms with Crippen molar-refractivity contribution in [1.29, 1.82) is 0 Å². The van der Waals surface area contributed by atoms with Gasteiger partial charge in [-0.3, -0.25) is 4.79 Å². The Morgan fingerprint density at radius 1 is 1.11 bits per heavy atom. The highest BCUT2D eigenvalue weighted by Crippen LogP contribution is 2.34. The van der Waals surface area contributed by atoms with E-state index in [0.717, 1.165) is 21.4 Å². The number of carbonyl (C=O) groups excluding carboxylic acids is 1. The summed E-state index contributed by atoms with van der Waals surface area (Å²) in [4.78, 5) is 16.9. The molecule has 28 heavy (non-hydrogen) atoms. The number of thioether (sulfide) groups is 1. The van der Waals surface area contributed by atoms with Gasteiger partial charge >= 0.3 is 0 Å². The summed E-state index contributed by atoms with van der Waals surface area (Å²) in [6.07, 6.45) is 0. The highest BCUT2D eigenvalue weighted by atomic mass is 35.5. The van der Waals surface area contributed by atoms with Crippen LogP contribution in [0.5, 0.6) is 11.6 Å². The number of hydrogen-bond donors (Lipinski definition) is 1. The number of aromatic nitrogens is 1. The molecular weight excluding hydrogens is 392 g/mol. The molecule has 0 radical (unpaired) electrons. The van der Waals surface area contributed by atoms with Crippen molar-refractivity contribution in [3.05, 3.63) is 59.1 Å². The van der Waals surface area contributed by atoms with Crippen molar-refractivity contribution >= 4 is 40.2 Å². The monoisotopic (exact) mass is 414 g/mol. The molecular formula is C22H23ClN2O2S. The van der Waals surface area contributed by atoms with Crippen molar-refractivity contribution in [3.8, 4) is 11.6 Å². The summed E-state index contributed by atoms with van der Waals surface area (Å²) < 4.78 is 5.90. The number of nitrogens with zero attached hydrogens (tertiary/aromatic N) is 1. The van der Waals surface area contributed by atoms with E-state index in [0.29, 0.717) is 21.9 Å². The molecule has 0 fully saturated rings. The number of carbonyl (C=O) groups is 1. The number of pyridine rings is 1. The second-order valence-corrected chi connectivity index (χ2v) is 8.94. The Morgan fingerprint density at radius 2 is 1.89 bits per heavy atom. The molecule has 0 aliphatic rings. The second kappa shape index (κ2) is 8.84. The molecule has 0 bridgehead atoms. The van der Waals surface area contributed by atoms with Gasteiger partial charge in [-0.05, 0) is 48.9 Å². The van der Waals surface area contributed by atoms with Crippen LogP contribution in [0, 0.1) is 0 Å². The molecule has 1 N–H and O–H groups in total. The summed E-state index contributed by atoms with van der Waals surface area (Å²) in [6, 6.07) is 15.4. The average molecular weight is 415 g/mol. The maximum absolute atomic E-state index is 11.3. The zero-order chi connectivity index (χ0) is 20.3. The van der Waals surface area contributed by atoms with Crippen LogP contribution in [0.3, 0.4) is 0 Å². The van der Waals surface area contributed by atoms with Crippen molar-refractivity contribution in [2.24, 2.45) is 0 Å². The van der Waals surface area contributed by atoms with E-state index < -0.39 is 0 Å². The smallest absolute Gasteiger partial charge is 0.219 e. The quantitative estimate of drug-likeness (QED) is 0.475. The highest BCUT2D eigenvalue weighted by Gasteiger charge is 2.10. The number of amides is 1. The molecule has 0 saturated carbocycles. The van der Waals surface area contributed by atoms with Crippen LogP contribution in [0.15, 0.2) is 53.4 Å². The minimum Gasteiger partial charge on any atom is -0.437 e. The highest BCUT2D eigenvalue weighted by molar-refractivity contribution is 7.99. The molecule has 3 rings (SSSR count). The average Bonchev–Trinajstić information content (AvgIpc) is 2.62. The first-order chi connectivity index (χ1) is 13.3. The summed E-state index contributed by atoms with van der Waals surface area (Å²) in [5, 5.41) is 4.92. The number of hydrogen-bond acceptors (Lipinski definition) is 4. The van der Waals surface area contributed by atoms with Crippen molar-refractivity contribution in [1.82, 2.24) is 10.3 Å². The van der Waals surface area contributed by atoms with Gasteiger partial charge in [0.05, 0.1) is 16.6 Å². The van der Waals surface area contributed by atoms with E-state index in [1.54, 1.807) is 11.8 Å². The topological polar surface area (TPSA) is 51.2 Å². The molecule has 0 aliphatic carbocycles. The predicted octanol–water partition coefficient (Wildman–Crippen LogP) is 6.38. The van der Waals surface area contributed by atoms with Crippen molar-refractivity contribution in [3.63, 3.8) is 0 Å². The van der Waals surface area contributed by atoms with Crippen LogP contribution in [0.4, 0.5) is 0 Å². The molecule has 0 spiro atoms. The number of halogens is 1. The van der Waals surface area contributed by atoms with Crippen molar-refractivity contribution < 1.29 is 9.53 Å². The van der Waals surface area contributed by atoms with Crippen molar-refractivity contribution in [2.45, 2.75) is 43.9 Å². The summed E-state index contributed by atoms with van der Waals surface area (Å²) in [6.45, 7) is 7.76. The third-order valence-electron chi connectivity index (χ3n) is 4.10.